The summed E-state index contributed by atoms with van der Waals surface area (Å²) in [4.78, 5) is 26.3. The molecule has 168 valence electrons. The van der Waals surface area contributed by atoms with E-state index in [9.17, 15) is 13.3 Å². The molecule has 11 heteroatoms. The maximum atomic E-state index is 13.9. The molecule has 0 saturated carbocycles. The number of halogens is 4. The van der Waals surface area contributed by atoms with Crippen molar-refractivity contribution in [1.29, 1.82) is 0 Å². The first-order valence-electron chi connectivity index (χ1n) is 8.01. The van der Waals surface area contributed by atoms with E-state index in [1.54, 1.807) is 24.5 Å². The third-order valence-electron chi connectivity index (χ3n) is 3.90. The van der Waals surface area contributed by atoms with E-state index in [0.717, 1.165) is 17.2 Å². The van der Waals surface area contributed by atoms with Gasteiger partial charge in [-0.1, -0.05) is 78.4 Å². The Labute approximate surface area is 197 Å². The molecule has 2 aromatic carbocycles. The smallest absolute Gasteiger partial charge is 0.320 e. The van der Waals surface area contributed by atoms with Crippen molar-refractivity contribution in [3.05, 3.63) is 75.5 Å². The highest BCUT2D eigenvalue weighted by molar-refractivity contribution is 9.10. The van der Waals surface area contributed by atoms with Crippen molar-refractivity contribution in [1.82, 2.24) is 9.97 Å². The van der Waals surface area contributed by atoms with Crippen LogP contribution in [-0.2, 0) is 16.0 Å². The molecule has 0 aliphatic rings. The van der Waals surface area contributed by atoms with Gasteiger partial charge in [0.25, 0.3) is 0 Å². The molecular formula is C20H21BrClF2N2O3PS. The standard InChI is InChI=1S/C18H13BrClF2N2O3PS.2CH4/c19-16-7-11(1-6-15(16)18(21,22)28(25,26)27)10-29-17-23-8-13(9-24-17)12-2-4-14(20)5-3-12;;/h1-9H,10H2,(H2,25,26,27);2*1H4. The highest BCUT2D eigenvalue weighted by Gasteiger charge is 2.51. The minimum Gasteiger partial charge on any atom is -0.320 e. The third kappa shape index (κ3) is 6.57. The highest BCUT2D eigenvalue weighted by Crippen LogP contribution is 2.60. The van der Waals surface area contributed by atoms with Gasteiger partial charge in [-0.25, -0.2) is 9.97 Å². The van der Waals surface area contributed by atoms with E-state index in [4.69, 9.17) is 21.4 Å². The lowest BCUT2D eigenvalue weighted by atomic mass is 10.1. The SMILES string of the molecule is C.C.O=P(O)(O)C(F)(F)c1ccc(CSc2ncc(-c3ccc(Cl)cc3)cn2)cc1Br. The Balaban J connectivity index is 0.00000240. The Hall–Kier alpha value is -1.35. The van der Waals surface area contributed by atoms with E-state index in [1.165, 1.54) is 23.9 Å². The maximum absolute atomic E-state index is 13.9. The van der Waals surface area contributed by atoms with Crippen LogP contribution in [-0.4, -0.2) is 19.8 Å². The number of hydrogen-bond donors (Lipinski definition) is 2. The van der Waals surface area contributed by atoms with Gasteiger partial charge in [0.05, 0.1) is 0 Å². The fourth-order valence-electron chi connectivity index (χ4n) is 2.38. The highest BCUT2D eigenvalue weighted by atomic mass is 79.9. The average Bonchev–Trinajstić information content (AvgIpc) is 2.66. The van der Waals surface area contributed by atoms with E-state index >= 15 is 0 Å². The van der Waals surface area contributed by atoms with Crippen molar-refractivity contribution in [2.75, 3.05) is 0 Å². The van der Waals surface area contributed by atoms with E-state index in [2.05, 4.69) is 25.9 Å². The van der Waals surface area contributed by atoms with Gasteiger partial charge in [0.15, 0.2) is 5.16 Å². The predicted molar refractivity (Wildman–Crippen MR) is 126 cm³/mol. The Bertz CT molecular complexity index is 1070. The molecule has 2 N–H and O–H groups in total. The molecule has 0 bridgehead atoms. The quantitative estimate of drug-likeness (QED) is 0.189. The van der Waals surface area contributed by atoms with Crippen LogP contribution in [0.2, 0.25) is 5.02 Å². The van der Waals surface area contributed by atoms with Crippen LogP contribution in [0.4, 0.5) is 8.78 Å². The second-order valence-corrected chi connectivity index (χ2v) is 9.83. The van der Waals surface area contributed by atoms with Crippen molar-refractivity contribution in [3.63, 3.8) is 0 Å². The van der Waals surface area contributed by atoms with Gasteiger partial charge in [0.1, 0.15) is 0 Å². The minimum atomic E-state index is -5.62. The van der Waals surface area contributed by atoms with Crippen LogP contribution >= 0.6 is 46.9 Å². The summed E-state index contributed by atoms with van der Waals surface area (Å²) >= 11 is 10.1. The molecule has 1 heterocycles. The number of thioether (sulfide) groups is 1. The zero-order valence-electron chi connectivity index (χ0n) is 14.5. The topological polar surface area (TPSA) is 83.3 Å². The van der Waals surface area contributed by atoms with E-state index in [0.29, 0.717) is 21.5 Å². The normalized spacial score (nSPS) is 11.4. The third-order valence-corrected chi connectivity index (χ3v) is 6.72. The molecule has 0 spiro atoms. The van der Waals surface area contributed by atoms with Crippen molar-refractivity contribution < 1.29 is 23.1 Å². The van der Waals surface area contributed by atoms with Gasteiger partial charge < -0.3 is 9.79 Å². The first-order valence-corrected chi connectivity index (χ1v) is 11.8. The molecule has 0 unspecified atom stereocenters. The molecule has 5 nitrogen and oxygen atoms in total. The van der Waals surface area contributed by atoms with Crippen molar-refractivity contribution in [2.45, 2.75) is 31.4 Å². The van der Waals surface area contributed by atoms with Crippen LogP contribution in [0.3, 0.4) is 0 Å². The summed E-state index contributed by atoms with van der Waals surface area (Å²) in [6.07, 6.45) is 3.36. The first kappa shape index (κ1) is 27.7. The molecule has 0 fully saturated rings. The number of aromatic nitrogens is 2. The van der Waals surface area contributed by atoms with Crippen LogP contribution in [0, 0.1) is 0 Å². The average molecular weight is 554 g/mol. The van der Waals surface area contributed by atoms with Crippen LogP contribution < -0.4 is 0 Å². The monoisotopic (exact) mass is 552 g/mol. The Morgan fingerprint density at radius 2 is 1.61 bits per heavy atom. The van der Waals surface area contributed by atoms with Crippen molar-refractivity contribution >= 4 is 46.9 Å². The second-order valence-electron chi connectivity index (χ2n) is 5.95. The molecule has 0 radical (unpaired) electrons. The number of benzene rings is 2. The summed E-state index contributed by atoms with van der Waals surface area (Å²) in [5.74, 6) is 0.390. The Morgan fingerprint density at radius 3 is 2.13 bits per heavy atom. The fraction of sp³-hybridized carbons (Fsp3) is 0.200. The lowest BCUT2D eigenvalue weighted by Crippen LogP contribution is -2.14. The van der Waals surface area contributed by atoms with Crippen molar-refractivity contribution in [2.24, 2.45) is 0 Å². The van der Waals surface area contributed by atoms with E-state index < -0.39 is 18.8 Å². The van der Waals surface area contributed by atoms with Gasteiger partial charge in [-0.05, 0) is 29.3 Å². The first-order chi connectivity index (χ1) is 13.6. The van der Waals surface area contributed by atoms with E-state index in [-0.39, 0.29) is 19.3 Å². The molecular weight excluding hydrogens is 533 g/mol. The van der Waals surface area contributed by atoms with Crippen LogP contribution in [0.25, 0.3) is 11.1 Å². The molecule has 31 heavy (non-hydrogen) atoms. The Morgan fingerprint density at radius 1 is 1.03 bits per heavy atom. The number of nitrogens with zero attached hydrogens (tertiary/aromatic N) is 2. The van der Waals surface area contributed by atoms with Gasteiger partial charge in [0.2, 0.25) is 0 Å². The molecule has 0 aliphatic carbocycles. The number of alkyl halides is 2. The summed E-state index contributed by atoms with van der Waals surface area (Å²) in [6, 6.07) is 11.1. The van der Waals surface area contributed by atoms with E-state index in [1.807, 2.05) is 12.1 Å². The fourth-order valence-corrected chi connectivity index (χ4v) is 4.57. The van der Waals surface area contributed by atoms with Gasteiger partial charge in [-0.15, -0.1) is 0 Å². The van der Waals surface area contributed by atoms with Crippen LogP contribution in [0.15, 0.2) is 64.5 Å². The van der Waals surface area contributed by atoms with Crippen LogP contribution in [0.1, 0.15) is 26.0 Å². The molecule has 0 aliphatic heterocycles. The van der Waals surface area contributed by atoms with Gasteiger partial charge in [-0.3, -0.25) is 4.57 Å². The summed E-state index contributed by atoms with van der Waals surface area (Å²) in [5, 5.41) is 1.14. The molecule has 0 amide bonds. The number of hydrogen-bond acceptors (Lipinski definition) is 4. The molecule has 0 atom stereocenters. The maximum Gasteiger partial charge on any atom is 0.399 e. The summed E-state index contributed by atoms with van der Waals surface area (Å²) in [6.45, 7) is 0. The zero-order valence-corrected chi connectivity index (χ0v) is 18.5. The zero-order chi connectivity index (χ0) is 21.2. The van der Waals surface area contributed by atoms with Gasteiger partial charge in [-0.2, -0.15) is 8.78 Å². The van der Waals surface area contributed by atoms with Gasteiger partial charge in [0, 0.05) is 38.8 Å². The molecule has 3 rings (SSSR count). The largest absolute Gasteiger partial charge is 0.399 e. The minimum absolute atomic E-state index is 0. The second kappa shape index (κ2) is 11.0. The predicted octanol–water partition coefficient (Wildman–Crippen LogP) is 7.35. The summed E-state index contributed by atoms with van der Waals surface area (Å²) < 4.78 is 38.7. The number of rotatable bonds is 6. The van der Waals surface area contributed by atoms with Crippen molar-refractivity contribution in [3.8, 4) is 11.1 Å². The Kier molecular flexibility index (Phi) is 9.81. The summed E-state index contributed by atoms with van der Waals surface area (Å²) in [5.41, 5.74) is -2.60. The lowest BCUT2D eigenvalue weighted by molar-refractivity contribution is 0.0557. The summed E-state index contributed by atoms with van der Waals surface area (Å²) in [7, 11) is -5.62. The molecule has 1 aromatic heterocycles. The molecule has 0 saturated heterocycles. The van der Waals surface area contributed by atoms with Gasteiger partial charge >= 0.3 is 13.3 Å². The molecule has 3 aromatic rings. The lowest BCUT2D eigenvalue weighted by Gasteiger charge is -2.19. The van der Waals surface area contributed by atoms with Crippen LogP contribution in [0.5, 0.6) is 0 Å².